The summed E-state index contributed by atoms with van der Waals surface area (Å²) in [6.07, 6.45) is 10.7. The van der Waals surface area contributed by atoms with Crippen LogP contribution in [0.1, 0.15) is 44.9 Å². The van der Waals surface area contributed by atoms with Crippen LogP contribution in [-0.4, -0.2) is 66.3 Å². The quantitative estimate of drug-likeness (QED) is 0.905. The van der Waals surface area contributed by atoms with Gasteiger partial charge in [-0.1, -0.05) is 12.8 Å². The van der Waals surface area contributed by atoms with E-state index in [9.17, 15) is 0 Å². The smallest absolute Gasteiger partial charge is 0.224 e. The Morgan fingerprint density at radius 3 is 2.60 bits per heavy atom. The van der Waals surface area contributed by atoms with Crippen LogP contribution in [0.3, 0.4) is 0 Å². The van der Waals surface area contributed by atoms with E-state index < -0.39 is 0 Å². The number of anilines is 2. The molecule has 4 rings (SSSR count). The van der Waals surface area contributed by atoms with Crippen molar-refractivity contribution in [2.75, 3.05) is 49.6 Å². The second-order valence-electron chi connectivity index (χ2n) is 7.61. The fourth-order valence-corrected chi connectivity index (χ4v) is 4.36. The topological polar surface area (TPSA) is 53.5 Å². The molecule has 3 saturated heterocycles. The highest BCUT2D eigenvalue weighted by Gasteiger charge is 2.29. The molecule has 4 heterocycles. The molecule has 6 nitrogen and oxygen atoms in total. The molecule has 3 fully saturated rings. The zero-order valence-corrected chi connectivity index (χ0v) is 15.2. The Morgan fingerprint density at radius 2 is 1.80 bits per heavy atom. The highest BCUT2D eigenvalue weighted by molar-refractivity contribution is 5.43. The predicted octanol–water partition coefficient (Wildman–Crippen LogP) is 2.52. The Kier molecular flexibility index (Phi) is 5.67. The van der Waals surface area contributed by atoms with Crippen molar-refractivity contribution in [3.05, 3.63) is 12.3 Å². The van der Waals surface area contributed by atoms with Gasteiger partial charge in [0.15, 0.2) is 0 Å². The predicted molar refractivity (Wildman–Crippen MR) is 100 cm³/mol. The maximum absolute atomic E-state index is 5.49. The van der Waals surface area contributed by atoms with Gasteiger partial charge in [-0.2, -0.15) is 4.98 Å². The number of nitrogens with one attached hydrogen (secondary N) is 1. The summed E-state index contributed by atoms with van der Waals surface area (Å²) in [7, 11) is 0. The molecule has 6 heteroatoms. The standard InChI is InChI=1S/C19H31N5O/c1-2-4-11-23(10-3-1)18-5-9-20-19(22-18)21-16-6-12-24(15-16)17-7-13-25-14-8-17/h5,9,16-17H,1-4,6-8,10-15H2,(H,20,21,22). The maximum Gasteiger partial charge on any atom is 0.224 e. The normalized spacial score (nSPS) is 26.6. The molecule has 0 bridgehead atoms. The van der Waals surface area contributed by atoms with Crippen molar-refractivity contribution in [1.82, 2.24) is 14.9 Å². The molecule has 1 aromatic heterocycles. The molecule has 3 aliphatic rings. The largest absolute Gasteiger partial charge is 0.381 e. The molecular formula is C19H31N5O. The highest BCUT2D eigenvalue weighted by Crippen LogP contribution is 2.23. The lowest BCUT2D eigenvalue weighted by molar-refractivity contribution is 0.0421. The minimum Gasteiger partial charge on any atom is -0.381 e. The van der Waals surface area contributed by atoms with Crippen molar-refractivity contribution in [3.8, 4) is 0 Å². The second-order valence-corrected chi connectivity index (χ2v) is 7.61. The third-order valence-corrected chi connectivity index (χ3v) is 5.83. The van der Waals surface area contributed by atoms with Crippen LogP contribution >= 0.6 is 0 Å². The molecule has 1 unspecified atom stereocenters. The highest BCUT2D eigenvalue weighted by atomic mass is 16.5. The third-order valence-electron chi connectivity index (χ3n) is 5.83. The lowest BCUT2D eigenvalue weighted by Gasteiger charge is -2.31. The molecular weight excluding hydrogens is 314 g/mol. The van der Waals surface area contributed by atoms with Crippen LogP contribution in [0.2, 0.25) is 0 Å². The summed E-state index contributed by atoms with van der Waals surface area (Å²) >= 11 is 0. The van der Waals surface area contributed by atoms with E-state index in [1.165, 1.54) is 51.5 Å². The van der Waals surface area contributed by atoms with Gasteiger partial charge in [0.1, 0.15) is 5.82 Å². The van der Waals surface area contributed by atoms with E-state index in [1.54, 1.807) is 0 Å². The molecule has 0 aromatic carbocycles. The van der Waals surface area contributed by atoms with Crippen LogP contribution in [0.5, 0.6) is 0 Å². The summed E-state index contributed by atoms with van der Waals surface area (Å²) in [5.74, 6) is 1.87. The Hall–Kier alpha value is -1.40. The van der Waals surface area contributed by atoms with E-state index in [2.05, 4.69) is 26.2 Å². The van der Waals surface area contributed by atoms with Gasteiger partial charge >= 0.3 is 0 Å². The second kappa shape index (κ2) is 8.32. The van der Waals surface area contributed by atoms with Crippen molar-refractivity contribution in [1.29, 1.82) is 0 Å². The summed E-state index contributed by atoms with van der Waals surface area (Å²) < 4.78 is 5.49. The van der Waals surface area contributed by atoms with Crippen molar-refractivity contribution >= 4 is 11.8 Å². The first-order valence-corrected chi connectivity index (χ1v) is 10.0. The van der Waals surface area contributed by atoms with Crippen molar-refractivity contribution < 1.29 is 4.74 Å². The number of aromatic nitrogens is 2. The van der Waals surface area contributed by atoms with Gasteiger partial charge in [-0.05, 0) is 38.2 Å². The van der Waals surface area contributed by atoms with Gasteiger partial charge in [-0.3, -0.25) is 4.90 Å². The van der Waals surface area contributed by atoms with E-state index in [0.717, 1.165) is 44.6 Å². The molecule has 0 aliphatic carbocycles. The fourth-order valence-electron chi connectivity index (χ4n) is 4.36. The summed E-state index contributed by atoms with van der Waals surface area (Å²) in [5, 5.41) is 3.58. The van der Waals surface area contributed by atoms with Crippen LogP contribution in [-0.2, 0) is 4.74 Å². The van der Waals surface area contributed by atoms with Gasteiger partial charge in [0.2, 0.25) is 5.95 Å². The monoisotopic (exact) mass is 345 g/mol. The first kappa shape index (κ1) is 17.0. The number of rotatable bonds is 4. The maximum atomic E-state index is 5.49. The number of likely N-dealkylation sites (tertiary alicyclic amines) is 1. The van der Waals surface area contributed by atoms with E-state index >= 15 is 0 Å². The van der Waals surface area contributed by atoms with Gasteiger partial charge in [0.05, 0.1) is 0 Å². The Morgan fingerprint density at radius 1 is 1.00 bits per heavy atom. The number of ether oxygens (including phenoxy) is 1. The zero-order chi connectivity index (χ0) is 16.9. The van der Waals surface area contributed by atoms with Crippen LogP contribution in [0.25, 0.3) is 0 Å². The van der Waals surface area contributed by atoms with Crippen LogP contribution in [0, 0.1) is 0 Å². The molecule has 0 radical (unpaired) electrons. The average molecular weight is 345 g/mol. The Bertz CT molecular complexity index is 540. The van der Waals surface area contributed by atoms with Gasteiger partial charge in [-0.25, -0.2) is 4.98 Å². The molecule has 1 aromatic rings. The molecule has 1 atom stereocenters. The van der Waals surface area contributed by atoms with Crippen LogP contribution in [0.15, 0.2) is 12.3 Å². The molecule has 25 heavy (non-hydrogen) atoms. The number of hydrogen-bond acceptors (Lipinski definition) is 6. The number of hydrogen-bond donors (Lipinski definition) is 1. The van der Waals surface area contributed by atoms with Crippen molar-refractivity contribution in [2.45, 2.75) is 57.0 Å². The molecule has 3 aliphatic heterocycles. The lowest BCUT2D eigenvalue weighted by Crippen LogP contribution is -2.39. The van der Waals surface area contributed by atoms with E-state index in [1.807, 2.05) is 6.20 Å². The lowest BCUT2D eigenvalue weighted by atomic mass is 10.1. The summed E-state index contributed by atoms with van der Waals surface area (Å²) in [6.45, 7) is 6.35. The molecule has 0 amide bonds. The Labute approximate surface area is 151 Å². The van der Waals surface area contributed by atoms with E-state index in [0.29, 0.717) is 12.1 Å². The van der Waals surface area contributed by atoms with Gasteiger partial charge in [-0.15, -0.1) is 0 Å². The first-order valence-electron chi connectivity index (χ1n) is 10.0. The molecule has 138 valence electrons. The molecule has 0 spiro atoms. The summed E-state index contributed by atoms with van der Waals surface area (Å²) in [4.78, 5) is 14.3. The van der Waals surface area contributed by atoms with Gasteiger partial charge in [0, 0.05) is 57.7 Å². The molecule has 1 N–H and O–H groups in total. The van der Waals surface area contributed by atoms with Gasteiger partial charge < -0.3 is 15.0 Å². The minimum absolute atomic E-state index is 0.460. The zero-order valence-electron chi connectivity index (χ0n) is 15.2. The first-order chi connectivity index (χ1) is 12.4. The van der Waals surface area contributed by atoms with Crippen molar-refractivity contribution in [3.63, 3.8) is 0 Å². The number of nitrogens with zero attached hydrogens (tertiary/aromatic N) is 4. The summed E-state index contributed by atoms with van der Waals surface area (Å²) in [6, 6.07) is 3.21. The van der Waals surface area contributed by atoms with Gasteiger partial charge in [0.25, 0.3) is 0 Å². The van der Waals surface area contributed by atoms with Crippen LogP contribution in [0.4, 0.5) is 11.8 Å². The summed E-state index contributed by atoms with van der Waals surface area (Å²) in [5.41, 5.74) is 0. The van der Waals surface area contributed by atoms with E-state index in [4.69, 9.17) is 9.72 Å². The van der Waals surface area contributed by atoms with Crippen molar-refractivity contribution in [2.24, 2.45) is 0 Å². The van der Waals surface area contributed by atoms with E-state index in [-0.39, 0.29) is 0 Å². The minimum atomic E-state index is 0.460. The third kappa shape index (κ3) is 4.42. The molecule has 0 saturated carbocycles. The van der Waals surface area contributed by atoms with Crippen LogP contribution < -0.4 is 10.2 Å². The fraction of sp³-hybridized carbons (Fsp3) is 0.789. The SMILES string of the molecule is c1cc(N2CCCCCC2)nc(NC2CCN(C3CCOCC3)C2)n1. The Balaban J connectivity index is 1.34. The average Bonchev–Trinajstić information content (AvgIpc) is 2.95.